The summed E-state index contributed by atoms with van der Waals surface area (Å²) in [5, 5.41) is 28.2. The smallest absolute Gasteiger partial charge is 0.338 e. The minimum atomic E-state index is -1.49. The topological polar surface area (TPSA) is 96.2 Å². The lowest BCUT2D eigenvalue weighted by molar-refractivity contribution is -0.251. The lowest BCUT2D eigenvalue weighted by Gasteiger charge is -2.34. The Labute approximate surface area is 103 Å². The van der Waals surface area contributed by atoms with Crippen molar-refractivity contribution < 1.29 is 29.6 Å². The Kier molecular flexibility index (Phi) is 3.93. The fraction of sp³-hybridized carbons (Fsp3) is 0.417. The lowest BCUT2D eigenvalue weighted by Crippen LogP contribution is -2.54. The van der Waals surface area contributed by atoms with Crippen LogP contribution in [0.1, 0.15) is 10.4 Å². The van der Waals surface area contributed by atoms with Gasteiger partial charge in [0.05, 0.1) is 12.2 Å². The molecular formula is C12H14O6. The van der Waals surface area contributed by atoms with Crippen LogP contribution in [0, 0.1) is 0 Å². The van der Waals surface area contributed by atoms with Gasteiger partial charge in [-0.3, -0.25) is 0 Å². The van der Waals surface area contributed by atoms with Crippen molar-refractivity contribution in [1.29, 1.82) is 0 Å². The molecule has 0 unspecified atom stereocenters. The van der Waals surface area contributed by atoms with Crippen molar-refractivity contribution in [1.82, 2.24) is 0 Å². The minimum absolute atomic E-state index is 0.169. The molecule has 0 saturated carbocycles. The number of hydrogen-bond donors (Lipinski definition) is 3. The summed E-state index contributed by atoms with van der Waals surface area (Å²) in [6, 6.07) is 8.27. The molecule has 1 aliphatic rings. The molecule has 18 heavy (non-hydrogen) atoms. The first kappa shape index (κ1) is 13.0. The van der Waals surface area contributed by atoms with Gasteiger partial charge in [0.1, 0.15) is 12.2 Å². The summed E-state index contributed by atoms with van der Waals surface area (Å²) in [6.45, 7) is -0.169. The van der Waals surface area contributed by atoms with Gasteiger partial charge in [0.15, 0.2) is 12.4 Å². The first-order valence-corrected chi connectivity index (χ1v) is 5.51. The van der Waals surface area contributed by atoms with Gasteiger partial charge in [-0.1, -0.05) is 18.2 Å². The number of ether oxygens (including phenoxy) is 2. The molecule has 3 N–H and O–H groups in total. The van der Waals surface area contributed by atoms with Gasteiger partial charge in [0, 0.05) is 0 Å². The second-order valence-corrected chi connectivity index (χ2v) is 4.01. The molecule has 1 heterocycles. The first-order chi connectivity index (χ1) is 8.59. The number of aliphatic hydroxyl groups is 3. The van der Waals surface area contributed by atoms with Crippen LogP contribution in [-0.4, -0.2) is 52.5 Å². The standard InChI is InChI=1S/C12H14O6/c13-9-8(6-17-12(16)10(9)14)18-11(15)7-4-2-1-3-5-7/h1-5,8-10,12-14,16H,6H2/t8-,9+,10-,12+/m1/s1. The highest BCUT2D eigenvalue weighted by atomic mass is 16.6. The predicted molar refractivity (Wildman–Crippen MR) is 59.6 cm³/mol. The molecule has 0 amide bonds. The molecule has 1 aromatic carbocycles. The summed E-state index contributed by atoms with van der Waals surface area (Å²) in [5.74, 6) is -0.619. The van der Waals surface area contributed by atoms with Crippen LogP contribution in [0.3, 0.4) is 0 Å². The molecule has 2 rings (SSSR count). The third-order valence-corrected chi connectivity index (χ3v) is 2.72. The Hall–Kier alpha value is -1.47. The average Bonchev–Trinajstić information content (AvgIpc) is 2.40. The maximum atomic E-state index is 11.7. The third kappa shape index (κ3) is 2.68. The Morgan fingerprint density at radius 1 is 1.17 bits per heavy atom. The number of carbonyl (C=O) groups is 1. The van der Waals surface area contributed by atoms with Crippen LogP contribution in [0.2, 0.25) is 0 Å². The van der Waals surface area contributed by atoms with Gasteiger partial charge < -0.3 is 24.8 Å². The van der Waals surface area contributed by atoms with Crippen molar-refractivity contribution in [2.45, 2.75) is 24.6 Å². The zero-order valence-corrected chi connectivity index (χ0v) is 9.47. The van der Waals surface area contributed by atoms with E-state index in [2.05, 4.69) is 0 Å². The molecule has 0 bridgehead atoms. The average molecular weight is 254 g/mol. The number of esters is 1. The van der Waals surface area contributed by atoms with E-state index in [1.54, 1.807) is 30.3 Å². The molecule has 0 radical (unpaired) electrons. The van der Waals surface area contributed by atoms with Gasteiger partial charge in [-0.25, -0.2) is 4.79 Å². The van der Waals surface area contributed by atoms with E-state index >= 15 is 0 Å². The van der Waals surface area contributed by atoms with E-state index in [1.807, 2.05) is 0 Å². The summed E-state index contributed by atoms with van der Waals surface area (Å²) < 4.78 is 9.80. The minimum Gasteiger partial charge on any atom is -0.453 e. The highest BCUT2D eigenvalue weighted by molar-refractivity contribution is 5.89. The fourth-order valence-corrected chi connectivity index (χ4v) is 1.66. The SMILES string of the molecule is O=C(O[C@@H]1CO[C@H](O)[C@H](O)[C@H]1O)c1ccccc1. The highest BCUT2D eigenvalue weighted by Crippen LogP contribution is 2.17. The van der Waals surface area contributed by atoms with Gasteiger partial charge in [-0.05, 0) is 12.1 Å². The summed E-state index contributed by atoms with van der Waals surface area (Å²) in [6.07, 6.45) is -5.34. The Balaban J connectivity index is 2.00. The summed E-state index contributed by atoms with van der Waals surface area (Å²) in [7, 11) is 0. The number of hydrogen-bond acceptors (Lipinski definition) is 6. The Morgan fingerprint density at radius 2 is 1.83 bits per heavy atom. The van der Waals surface area contributed by atoms with E-state index in [0.29, 0.717) is 5.56 Å². The van der Waals surface area contributed by atoms with Crippen LogP contribution < -0.4 is 0 Å². The van der Waals surface area contributed by atoms with Crippen molar-refractivity contribution in [2.75, 3.05) is 6.61 Å². The molecule has 1 saturated heterocycles. The Morgan fingerprint density at radius 3 is 2.50 bits per heavy atom. The van der Waals surface area contributed by atoms with Gasteiger partial charge in [0.2, 0.25) is 0 Å². The largest absolute Gasteiger partial charge is 0.453 e. The molecule has 6 nitrogen and oxygen atoms in total. The fourth-order valence-electron chi connectivity index (χ4n) is 1.66. The van der Waals surface area contributed by atoms with E-state index in [9.17, 15) is 15.0 Å². The summed E-state index contributed by atoms with van der Waals surface area (Å²) >= 11 is 0. The van der Waals surface area contributed by atoms with Crippen molar-refractivity contribution in [3.05, 3.63) is 35.9 Å². The van der Waals surface area contributed by atoms with Crippen LogP contribution in [0.4, 0.5) is 0 Å². The summed E-state index contributed by atoms with van der Waals surface area (Å²) in [5.41, 5.74) is 0.338. The molecule has 0 aromatic heterocycles. The molecule has 0 spiro atoms. The summed E-state index contributed by atoms with van der Waals surface area (Å²) in [4.78, 5) is 11.7. The molecule has 0 aliphatic carbocycles. The molecule has 98 valence electrons. The van der Waals surface area contributed by atoms with Gasteiger partial charge in [-0.15, -0.1) is 0 Å². The van der Waals surface area contributed by atoms with Crippen LogP contribution in [0.5, 0.6) is 0 Å². The van der Waals surface area contributed by atoms with Crippen LogP contribution >= 0.6 is 0 Å². The lowest BCUT2D eigenvalue weighted by atomic mass is 10.1. The Bertz CT molecular complexity index is 406. The second kappa shape index (κ2) is 5.45. The maximum absolute atomic E-state index is 11.7. The monoisotopic (exact) mass is 254 g/mol. The van der Waals surface area contributed by atoms with E-state index < -0.39 is 30.6 Å². The third-order valence-electron chi connectivity index (χ3n) is 2.72. The van der Waals surface area contributed by atoms with Crippen molar-refractivity contribution >= 4 is 5.97 Å². The van der Waals surface area contributed by atoms with Crippen LogP contribution in [0.25, 0.3) is 0 Å². The van der Waals surface area contributed by atoms with Crippen LogP contribution in [-0.2, 0) is 9.47 Å². The van der Waals surface area contributed by atoms with Crippen molar-refractivity contribution in [2.24, 2.45) is 0 Å². The van der Waals surface area contributed by atoms with Crippen molar-refractivity contribution in [3.63, 3.8) is 0 Å². The molecular weight excluding hydrogens is 240 g/mol. The maximum Gasteiger partial charge on any atom is 0.338 e. The molecule has 4 atom stereocenters. The second-order valence-electron chi connectivity index (χ2n) is 4.01. The zero-order valence-electron chi connectivity index (χ0n) is 9.47. The quantitative estimate of drug-likeness (QED) is 0.603. The molecule has 1 fully saturated rings. The zero-order chi connectivity index (χ0) is 13.1. The first-order valence-electron chi connectivity index (χ1n) is 5.51. The van der Waals surface area contributed by atoms with E-state index in [1.165, 1.54) is 0 Å². The number of benzene rings is 1. The molecule has 1 aromatic rings. The number of rotatable bonds is 2. The van der Waals surface area contributed by atoms with Gasteiger partial charge >= 0.3 is 5.97 Å². The number of carbonyl (C=O) groups excluding carboxylic acids is 1. The predicted octanol–water partition coefficient (Wildman–Crippen LogP) is -0.718. The van der Waals surface area contributed by atoms with Gasteiger partial charge in [-0.2, -0.15) is 0 Å². The molecule has 1 aliphatic heterocycles. The van der Waals surface area contributed by atoms with Gasteiger partial charge in [0.25, 0.3) is 0 Å². The normalized spacial score (nSPS) is 31.9. The van der Waals surface area contributed by atoms with E-state index in [-0.39, 0.29) is 6.61 Å². The van der Waals surface area contributed by atoms with E-state index in [4.69, 9.17) is 14.6 Å². The highest BCUT2D eigenvalue weighted by Gasteiger charge is 2.39. The van der Waals surface area contributed by atoms with E-state index in [0.717, 1.165) is 0 Å². The molecule has 6 heteroatoms. The van der Waals surface area contributed by atoms with Crippen molar-refractivity contribution in [3.8, 4) is 0 Å². The van der Waals surface area contributed by atoms with Crippen LogP contribution in [0.15, 0.2) is 30.3 Å². The number of aliphatic hydroxyl groups excluding tert-OH is 3.